The number of nitro benzene ring substituents is 1. The van der Waals surface area contributed by atoms with Gasteiger partial charge in [-0.25, -0.2) is 0 Å². The zero-order valence-electron chi connectivity index (χ0n) is 8.41. The number of carboxylic acid groups (broad SMARTS) is 1. The fourth-order valence-corrected chi connectivity index (χ4v) is 0.747. The van der Waals surface area contributed by atoms with Crippen LogP contribution in [0.1, 0.15) is 17.3 Å². The number of carboxylic acids is 1. The Hall–Kier alpha value is -2.44. The van der Waals surface area contributed by atoms with Crippen LogP contribution in [-0.4, -0.2) is 21.9 Å². The van der Waals surface area contributed by atoms with Gasteiger partial charge in [0.05, 0.1) is 4.92 Å². The van der Waals surface area contributed by atoms with E-state index in [0.717, 1.165) is 6.92 Å². The molecule has 0 unspecified atom stereocenters. The molecular weight excluding hydrogens is 216 g/mol. The Labute approximate surface area is 90.6 Å². The zero-order valence-corrected chi connectivity index (χ0v) is 8.41. The third kappa shape index (κ3) is 5.32. The van der Waals surface area contributed by atoms with E-state index in [1.807, 2.05) is 0 Å². The van der Waals surface area contributed by atoms with Crippen LogP contribution in [0.5, 0.6) is 0 Å². The van der Waals surface area contributed by atoms with Gasteiger partial charge in [0.2, 0.25) is 5.91 Å². The van der Waals surface area contributed by atoms with E-state index in [2.05, 4.69) is 0 Å². The van der Waals surface area contributed by atoms with Crippen molar-refractivity contribution in [2.24, 2.45) is 5.73 Å². The summed E-state index contributed by atoms with van der Waals surface area (Å²) in [5, 5.41) is 17.6. The molecule has 16 heavy (non-hydrogen) atoms. The molecule has 1 rings (SSSR count). The number of nitrogens with two attached hydrogens (primary N) is 1. The minimum absolute atomic E-state index is 0.0556. The van der Waals surface area contributed by atoms with Crippen molar-refractivity contribution < 1.29 is 19.6 Å². The van der Waals surface area contributed by atoms with Gasteiger partial charge in [-0.15, -0.1) is 0 Å². The lowest BCUT2D eigenvalue weighted by atomic mass is 10.2. The average Bonchev–Trinajstić information content (AvgIpc) is 2.17. The number of hydrogen-bond donors (Lipinski definition) is 2. The number of benzene rings is 1. The number of non-ortho nitro benzene ring substituents is 1. The third-order valence-corrected chi connectivity index (χ3v) is 1.36. The zero-order chi connectivity index (χ0) is 12.7. The number of amides is 1. The van der Waals surface area contributed by atoms with Gasteiger partial charge >= 0.3 is 0 Å². The van der Waals surface area contributed by atoms with Crippen molar-refractivity contribution in [1.82, 2.24) is 0 Å². The molecule has 1 aromatic rings. The lowest BCUT2D eigenvalue weighted by Crippen LogP contribution is -2.10. The van der Waals surface area contributed by atoms with Crippen LogP contribution < -0.4 is 5.73 Å². The molecule has 0 aromatic heterocycles. The largest absolute Gasteiger partial charge is 0.481 e. The maximum Gasteiger partial charge on any atom is 0.300 e. The monoisotopic (exact) mass is 226 g/mol. The molecule has 0 saturated carbocycles. The summed E-state index contributed by atoms with van der Waals surface area (Å²) in [6.45, 7) is 1.08. The van der Waals surface area contributed by atoms with Crippen LogP contribution in [0.2, 0.25) is 0 Å². The van der Waals surface area contributed by atoms with Gasteiger partial charge in [0, 0.05) is 24.6 Å². The van der Waals surface area contributed by atoms with Gasteiger partial charge in [-0.1, -0.05) is 0 Å². The summed E-state index contributed by atoms with van der Waals surface area (Å²) in [6, 6.07) is 5.11. The molecule has 1 amide bonds. The molecule has 1 aromatic carbocycles. The van der Waals surface area contributed by atoms with Crippen LogP contribution in [-0.2, 0) is 4.79 Å². The molecule has 0 bridgehead atoms. The Bertz CT molecular complexity index is 362. The summed E-state index contributed by atoms with van der Waals surface area (Å²) in [5.41, 5.74) is 5.14. The van der Waals surface area contributed by atoms with Crippen LogP contribution in [0, 0.1) is 10.1 Å². The quantitative estimate of drug-likeness (QED) is 0.569. The fraction of sp³-hybridized carbons (Fsp3) is 0.111. The van der Waals surface area contributed by atoms with Crippen molar-refractivity contribution in [2.75, 3.05) is 0 Å². The first-order valence-electron chi connectivity index (χ1n) is 4.08. The Balaban J connectivity index is 0.000000487. The van der Waals surface area contributed by atoms with Crippen LogP contribution in [0.4, 0.5) is 5.69 Å². The first kappa shape index (κ1) is 13.6. The van der Waals surface area contributed by atoms with Crippen LogP contribution >= 0.6 is 0 Å². The topological polar surface area (TPSA) is 124 Å². The molecule has 0 aliphatic rings. The van der Waals surface area contributed by atoms with Crippen LogP contribution in [0.15, 0.2) is 24.3 Å². The van der Waals surface area contributed by atoms with Gasteiger partial charge in [0.15, 0.2) is 0 Å². The number of rotatable bonds is 2. The second kappa shape index (κ2) is 6.12. The van der Waals surface area contributed by atoms with Gasteiger partial charge in [0.1, 0.15) is 0 Å². The van der Waals surface area contributed by atoms with E-state index in [-0.39, 0.29) is 11.3 Å². The highest BCUT2D eigenvalue weighted by atomic mass is 16.6. The summed E-state index contributed by atoms with van der Waals surface area (Å²) in [4.78, 5) is 29.2. The Morgan fingerprint density at radius 3 is 1.94 bits per heavy atom. The number of hydrogen-bond acceptors (Lipinski definition) is 4. The normalized spacial score (nSPS) is 8.56. The molecule has 0 saturated heterocycles. The lowest BCUT2D eigenvalue weighted by molar-refractivity contribution is -0.384. The van der Waals surface area contributed by atoms with E-state index >= 15 is 0 Å². The van der Waals surface area contributed by atoms with E-state index in [1.54, 1.807) is 0 Å². The predicted molar refractivity (Wildman–Crippen MR) is 54.9 cm³/mol. The second-order valence-electron chi connectivity index (χ2n) is 2.69. The highest BCUT2D eigenvalue weighted by Crippen LogP contribution is 2.10. The third-order valence-electron chi connectivity index (χ3n) is 1.36. The number of aliphatic carboxylic acids is 1. The predicted octanol–water partition coefficient (Wildman–Crippen LogP) is 0.785. The Morgan fingerprint density at radius 1 is 1.31 bits per heavy atom. The van der Waals surface area contributed by atoms with E-state index < -0.39 is 16.8 Å². The van der Waals surface area contributed by atoms with Gasteiger partial charge in [-0.05, 0) is 12.1 Å². The molecule has 0 spiro atoms. The first-order chi connectivity index (χ1) is 7.34. The van der Waals surface area contributed by atoms with Gasteiger partial charge in [-0.3, -0.25) is 19.7 Å². The molecule has 7 heteroatoms. The number of nitrogens with zero attached hydrogens (tertiary/aromatic N) is 1. The summed E-state index contributed by atoms with van der Waals surface area (Å²) >= 11 is 0. The van der Waals surface area contributed by atoms with Crippen LogP contribution in [0.3, 0.4) is 0 Å². The molecule has 3 N–H and O–H groups in total. The van der Waals surface area contributed by atoms with Crippen molar-refractivity contribution in [2.45, 2.75) is 6.92 Å². The molecule has 86 valence electrons. The van der Waals surface area contributed by atoms with Crippen molar-refractivity contribution in [3.05, 3.63) is 39.9 Å². The summed E-state index contributed by atoms with van der Waals surface area (Å²) in [6.07, 6.45) is 0. The lowest BCUT2D eigenvalue weighted by Gasteiger charge is -1.93. The second-order valence-corrected chi connectivity index (χ2v) is 2.69. The average molecular weight is 226 g/mol. The van der Waals surface area contributed by atoms with Gasteiger partial charge in [0.25, 0.3) is 11.7 Å². The van der Waals surface area contributed by atoms with Crippen molar-refractivity contribution in [1.29, 1.82) is 0 Å². The Kier molecular flexibility index (Phi) is 5.19. The molecule has 0 aliphatic heterocycles. The minimum atomic E-state index is -0.833. The summed E-state index contributed by atoms with van der Waals surface area (Å²) in [5.74, 6) is -1.43. The number of primary amides is 1. The van der Waals surface area contributed by atoms with Crippen LogP contribution in [0.25, 0.3) is 0 Å². The standard InChI is InChI=1S/C7H6N2O3.C2H4O2/c8-7(10)5-1-3-6(4-2-5)9(11)12;1-2(3)4/h1-4H,(H2,8,10);1H3,(H,3,4). The number of carbonyl (C=O) groups excluding carboxylic acids is 1. The minimum Gasteiger partial charge on any atom is -0.481 e. The molecule has 0 aliphatic carbocycles. The molecule has 0 radical (unpaired) electrons. The highest BCUT2D eigenvalue weighted by Gasteiger charge is 2.05. The Morgan fingerprint density at radius 2 is 1.69 bits per heavy atom. The smallest absolute Gasteiger partial charge is 0.300 e. The molecule has 0 heterocycles. The number of nitro groups is 1. The molecule has 0 fully saturated rings. The summed E-state index contributed by atoms with van der Waals surface area (Å²) < 4.78 is 0. The van der Waals surface area contributed by atoms with Gasteiger partial charge < -0.3 is 10.8 Å². The van der Waals surface area contributed by atoms with E-state index in [1.165, 1.54) is 24.3 Å². The van der Waals surface area contributed by atoms with E-state index in [9.17, 15) is 14.9 Å². The van der Waals surface area contributed by atoms with E-state index in [0.29, 0.717) is 0 Å². The maximum absolute atomic E-state index is 10.5. The SMILES string of the molecule is CC(=O)O.NC(=O)c1ccc([N+](=O)[O-])cc1. The van der Waals surface area contributed by atoms with E-state index in [4.69, 9.17) is 15.6 Å². The number of carbonyl (C=O) groups is 2. The van der Waals surface area contributed by atoms with Gasteiger partial charge in [-0.2, -0.15) is 0 Å². The van der Waals surface area contributed by atoms with Crippen molar-refractivity contribution >= 4 is 17.6 Å². The molecule has 7 nitrogen and oxygen atoms in total. The maximum atomic E-state index is 10.5. The fourth-order valence-electron chi connectivity index (χ4n) is 0.747. The summed E-state index contributed by atoms with van der Waals surface area (Å²) in [7, 11) is 0. The van der Waals surface area contributed by atoms with Crippen molar-refractivity contribution in [3.8, 4) is 0 Å². The molecular formula is C9H10N2O5. The first-order valence-corrected chi connectivity index (χ1v) is 4.08. The van der Waals surface area contributed by atoms with Crippen molar-refractivity contribution in [3.63, 3.8) is 0 Å². The highest BCUT2D eigenvalue weighted by molar-refractivity contribution is 5.92. The molecule has 0 atom stereocenters.